The fourth-order valence-electron chi connectivity index (χ4n) is 5.66. The van der Waals surface area contributed by atoms with E-state index in [0.29, 0.717) is 19.5 Å². The van der Waals surface area contributed by atoms with E-state index in [1.165, 1.54) is 16.9 Å². The number of methoxy groups -OCH3 is 1. The molecule has 12 heteroatoms. The van der Waals surface area contributed by atoms with E-state index in [1.54, 1.807) is 11.8 Å². The van der Waals surface area contributed by atoms with Crippen molar-refractivity contribution < 1.29 is 42.2 Å². The molecule has 8 nitrogen and oxygen atoms in total. The second kappa shape index (κ2) is 10.8. The van der Waals surface area contributed by atoms with E-state index in [9.17, 15) is 27.6 Å². The van der Waals surface area contributed by atoms with Crippen LogP contribution >= 0.6 is 11.8 Å². The Balaban J connectivity index is 0.000000454. The molecule has 0 aromatic heterocycles. The van der Waals surface area contributed by atoms with Crippen LogP contribution in [0.5, 0.6) is 0 Å². The number of benzene rings is 1. The number of halogens is 3. The number of amides is 2. The molecular weight excluding hydrogens is 501 g/mol. The van der Waals surface area contributed by atoms with Crippen molar-refractivity contribution in [1.29, 1.82) is 0 Å². The Labute approximate surface area is 211 Å². The number of likely N-dealkylation sites (tertiary alicyclic amines) is 1. The number of rotatable bonds is 5. The molecule has 0 saturated carbocycles. The Morgan fingerprint density at radius 1 is 1.14 bits per heavy atom. The van der Waals surface area contributed by atoms with Gasteiger partial charge in [-0.25, -0.2) is 4.79 Å². The SMILES string of the molecule is CCSc1ccc([C@@H]2[C@@H]3C(=O)N(CC)C(=O)[C@@H]3[C@]3(C(=O)OC)CCCCN23)cc1.O=C(O)C(F)(F)F. The molecule has 3 aliphatic rings. The normalized spacial score (nSPS) is 27.7. The number of aliphatic carboxylic acids is 1. The van der Waals surface area contributed by atoms with Crippen molar-refractivity contribution in [3.05, 3.63) is 29.8 Å². The first-order valence-corrected chi connectivity index (χ1v) is 12.7. The lowest BCUT2D eigenvalue weighted by atomic mass is 9.75. The van der Waals surface area contributed by atoms with Crippen molar-refractivity contribution in [3.63, 3.8) is 0 Å². The van der Waals surface area contributed by atoms with Crippen LogP contribution in [0.4, 0.5) is 13.2 Å². The average Bonchev–Trinajstić information content (AvgIpc) is 3.29. The molecule has 0 unspecified atom stereocenters. The minimum Gasteiger partial charge on any atom is -0.475 e. The van der Waals surface area contributed by atoms with Gasteiger partial charge in [-0.15, -0.1) is 11.8 Å². The van der Waals surface area contributed by atoms with Crippen LogP contribution in [0, 0.1) is 11.8 Å². The van der Waals surface area contributed by atoms with Crippen LogP contribution in [0.1, 0.15) is 44.7 Å². The van der Waals surface area contributed by atoms with Crippen molar-refractivity contribution in [2.75, 3.05) is 26.0 Å². The van der Waals surface area contributed by atoms with Gasteiger partial charge in [0.25, 0.3) is 0 Å². The third kappa shape index (κ3) is 4.72. The predicted molar refractivity (Wildman–Crippen MR) is 124 cm³/mol. The van der Waals surface area contributed by atoms with Crippen molar-refractivity contribution in [3.8, 4) is 0 Å². The van der Waals surface area contributed by atoms with E-state index >= 15 is 0 Å². The van der Waals surface area contributed by atoms with Gasteiger partial charge in [-0.3, -0.25) is 24.2 Å². The quantitative estimate of drug-likeness (QED) is 0.351. The third-order valence-corrected chi connectivity index (χ3v) is 7.88. The fourth-order valence-corrected chi connectivity index (χ4v) is 6.32. The Kier molecular flexibility index (Phi) is 8.39. The van der Waals surface area contributed by atoms with Gasteiger partial charge in [-0.2, -0.15) is 13.2 Å². The van der Waals surface area contributed by atoms with E-state index in [1.807, 2.05) is 19.1 Å². The highest BCUT2D eigenvalue weighted by Gasteiger charge is 2.72. The van der Waals surface area contributed by atoms with Crippen LogP contribution in [0.25, 0.3) is 0 Å². The van der Waals surface area contributed by atoms with Crippen molar-refractivity contribution in [2.24, 2.45) is 11.8 Å². The maximum atomic E-state index is 13.3. The van der Waals surface area contributed by atoms with Gasteiger partial charge < -0.3 is 9.84 Å². The summed E-state index contributed by atoms with van der Waals surface area (Å²) in [6, 6.07) is 7.95. The summed E-state index contributed by atoms with van der Waals surface area (Å²) in [5.74, 6) is -3.73. The van der Waals surface area contributed by atoms with Gasteiger partial charge in [0.2, 0.25) is 11.8 Å². The van der Waals surface area contributed by atoms with Crippen molar-refractivity contribution in [1.82, 2.24) is 9.80 Å². The lowest BCUT2D eigenvalue weighted by Crippen LogP contribution is -2.59. The van der Waals surface area contributed by atoms with Crippen LogP contribution in [0.15, 0.2) is 29.2 Å². The molecule has 36 heavy (non-hydrogen) atoms. The molecule has 0 aliphatic carbocycles. The number of fused-ring (bicyclic) bond motifs is 3. The predicted octanol–water partition coefficient (Wildman–Crippen LogP) is 3.51. The van der Waals surface area contributed by atoms with Crippen LogP contribution in [0.3, 0.4) is 0 Å². The highest BCUT2D eigenvalue weighted by atomic mass is 32.2. The second-order valence-electron chi connectivity index (χ2n) is 8.74. The Morgan fingerprint density at radius 3 is 2.25 bits per heavy atom. The molecule has 0 radical (unpaired) electrons. The van der Waals surface area contributed by atoms with Crippen molar-refractivity contribution in [2.45, 2.75) is 55.8 Å². The first-order chi connectivity index (χ1) is 16.9. The summed E-state index contributed by atoms with van der Waals surface area (Å²) in [5, 5.41) is 7.12. The van der Waals surface area contributed by atoms with Gasteiger partial charge in [0.15, 0.2) is 0 Å². The van der Waals surface area contributed by atoms with Crippen LogP contribution < -0.4 is 0 Å². The van der Waals surface area contributed by atoms with Crippen LogP contribution in [-0.4, -0.2) is 76.3 Å². The number of ether oxygens (including phenoxy) is 1. The smallest absolute Gasteiger partial charge is 0.475 e. The molecule has 3 fully saturated rings. The lowest BCUT2D eigenvalue weighted by molar-refractivity contribution is -0.192. The number of carbonyl (C=O) groups excluding carboxylic acids is 3. The third-order valence-electron chi connectivity index (χ3n) is 6.98. The van der Waals surface area contributed by atoms with Gasteiger partial charge in [0, 0.05) is 17.5 Å². The highest BCUT2D eigenvalue weighted by Crippen LogP contribution is 2.58. The van der Waals surface area contributed by atoms with Gasteiger partial charge in [0.05, 0.1) is 18.9 Å². The average molecular weight is 531 g/mol. The number of carbonyl (C=O) groups is 4. The number of carboxylic acid groups (broad SMARTS) is 1. The highest BCUT2D eigenvalue weighted by molar-refractivity contribution is 7.99. The number of hydrogen-bond acceptors (Lipinski definition) is 7. The number of carboxylic acids is 1. The van der Waals surface area contributed by atoms with Gasteiger partial charge in [-0.05, 0) is 56.2 Å². The molecule has 0 spiro atoms. The summed E-state index contributed by atoms with van der Waals surface area (Å²) in [6.07, 6.45) is -2.74. The fraction of sp³-hybridized carbons (Fsp3) is 0.583. The molecule has 1 aromatic rings. The van der Waals surface area contributed by atoms with Crippen molar-refractivity contribution >= 4 is 35.5 Å². The maximum Gasteiger partial charge on any atom is 0.490 e. The summed E-state index contributed by atoms with van der Waals surface area (Å²) in [5.41, 5.74) is -0.0530. The first-order valence-electron chi connectivity index (χ1n) is 11.7. The summed E-state index contributed by atoms with van der Waals surface area (Å²) < 4.78 is 37.0. The van der Waals surface area contributed by atoms with Crippen LogP contribution in [0.2, 0.25) is 0 Å². The molecule has 4 atom stereocenters. The van der Waals surface area contributed by atoms with E-state index in [4.69, 9.17) is 14.6 Å². The zero-order valence-corrected chi connectivity index (χ0v) is 21.0. The summed E-state index contributed by atoms with van der Waals surface area (Å²) in [6.45, 7) is 4.94. The summed E-state index contributed by atoms with van der Waals surface area (Å²) in [7, 11) is 1.38. The Bertz CT molecular complexity index is 1020. The number of hydrogen-bond donors (Lipinski definition) is 1. The lowest BCUT2D eigenvalue weighted by Gasteiger charge is -2.44. The monoisotopic (exact) mass is 530 g/mol. The van der Waals surface area contributed by atoms with E-state index in [2.05, 4.69) is 24.0 Å². The molecule has 0 bridgehead atoms. The minimum absolute atomic E-state index is 0.155. The van der Waals surface area contributed by atoms with Gasteiger partial charge in [0.1, 0.15) is 5.54 Å². The molecule has 198 valence electrons. The van der Waals surface area contributed by atoms with E-state index in [0.717, 1.165) is 24.2 Å². The standard InChI is InChI=1S/C22H28N2O4S.C2HF3O2/c1-4-23-19(25)16-17(20(23)26)22(21(27)28-3)12-6-7-13-24(22)18(16)14-8-10-15(11-9-14)29-5-2;3-2(4,5)1(6)7/h8-11,16-18H,4-7,12-13H2,1-3H3;(H,6,7)/t16-,17-,18-,22+;/m1./s1. The molecule has 3 aliphatic heterocycles. The maximum absolute atomic E-state index is 13.3. The summed E-state index contributed by atoms with van der Waals surface area (Å²) in [4.78, 5) is 53.2. The van der Waals surface area contributed by atoms with E-state index in [-0.39, 0.29) is 23.8 Å². The molecule has 1 N–H and O–H groups in total. The number of nitrogens with zero attached hydrogens (tertiary/aromatic N) is 2. The number of thioether (sulfide) groups is 1. The minimum atomic E-state index is -5.08. The molecule has 3 saturated heterocycles. The van der Waals surface area contributed by atoms with Crippen LogP contribution in [-0.2, 0) is 23.9 Å². The molecule has 4 rings (SSSR count). The summed E-state index contributed by atoms with van der Waals surface area (Å²) >= 11 is 1.76. The zero-order valence-electron chi connectivity index (χ0n) is 20.2. The topological polar surface area (TPSA) is 104 Å². The first kappa shape index (κ1) is 28.0. The number of esters is 1. The Morgan fingerprint density at radius 2 is 1.75 bits per heavy atom. The van der Waals surface area contributed by atoms with E-state index < -0.39 is 29.5 Å². The number of alkyl halides is 3. The Hall–Kier alpha value is -2.60. The number of imide groups is 1. The molecule has 2 amide bonds. The largest absolute Gasteiger partial charge is 0.490 e. The number of piperidine rings is 1. The molecule has 1 aromatic carbocycles. The zero-order chi connectivity index (χ0) is 26.8. The van der Waals surface area contributed by atoms with Gasteiger partial charge in [-0.1, -0.05) is 19.1 Å². The van der Waals surface area contributed by atoms with Gasteiger partial charge >= 0.3 is 18.1 Å². The molecular formula is C24H29F3N2O6S. The second-order valence-corrected chi connectivity index (χ2v) is 10.1. The molecule has 3 heterocycles.